The zero-order valence-corrected chi connectivity index (χ0v) is 15.0. The summed E-state index contributed by atoms with van der Waals surface area (Å²) < 4.78 is 20.6. The first-order valence-corrected chi connectivity index (χ1v) is 10.0. The standard InChI is InChI=1S/4C3H8O2.Ti/c4*1-2-3-5-4;/h4*4H,2-3H2,1H3;/q;;;;+4/p-4. The Morgan fingerprint density at radius 3 is 0.905 bits per heavy atom. The molecule has 0 aliphatic carbocycles. The van der Waals surface area contributed by atoms with Crippen molar-refractivity contribution in [3.63, 3.8) is 0 Å². The maximum absolute atomic E-state index is 5.16. The van der Waals surface area contributed by atoms with Gasteiger partial charge < -0.3 is 0 Å². The van der Waals surface area contributed by atoms with Crippen molar-refractivity contribution in [3.8, 4) is 0 Å². The van der Waals surface area contributed by atoms with Crippen LogP contribution in [0, 0.1) is 0 Å². The molecule has 8 nitrogen and oxygen atoms in total. The molecule has 128 valence electrons. The Hall–Kier alpha value is 0.394. The molecule has 0 rings (SSSR count). The summed E-state index contributed by atoms with van der Waals surface area (Å²) >= 11 is -4.41. The fourth-order valence-electron chi connectivity index (χ4n) is 0.872. The summed E-state index contributed by atoms with van der Waals surface area (Å²) in [6.07, 6.45) is 3.05. The molecule has 0 aromatic heterocycles. The van der Waals surface area contributed by atoms with Crippen molar-refractivity contribution >= 4 is 0 Å². The van der Waals surface area contributed by atoms with Gasteiger partial charge in [0, 0.05) is 0 Å². The van der Waals surface area contributed by atoms with E-state index >= 15 is 0 Å². The van der Waals surface area contributed by atoms with Crippen LogP contribution in [0.2, 0.25) is 0 Å². The van der Waals surface area contributed by atoms with Gasteiger partial charge in [-0.25, -0.2) is 0 Å². The average Bonchev–Trinajstić information content (AvgIpc) is 2.48. The molecule has 0 aromatic rings. The van der Waals surface area contributed by atoms with Crippen molar-refractivity contribution in [1.29, 1.82) is 0 Å². The first-order chi connectivity index (χ1) is 10.2. The van der Waals surface area contributed by atoms with Crippen molar-refractivity contribution in [2.24, 2.45) is 0 Å². The van der Waals surface area contributed by atoms with Crippen LogP contribution in [0.1, 0.15) is 53.4 Å². The molecule has 21 heavy (non-hydrogen) atoms. The Labute approximate surface area is 131 Å². The molecule has 0 saturated heterocycles. The minimum atomic E-state index is -4.41. The fourth-order valence-corrected chi connectivity index (χ4v) is 2.55. The third-order valence-electron chi connectivity index (χ3n) is 1.79. The summed E-state index contributed by atoms with van der Waals surface area (Å²) in [6.45, 7) is 9.20. The van der Waals surface area contributed by atoms with Crippen LogP contribution in [0.25, 0.3) is 0 Å². The Bertz CT molecular complexity index is 174. The quantitative estimate of drug-likeness (QED) is 0.182. The van der Waals surface area contributed by atoms with Crippen LogP contribution in [0.15, 0.2) is 0 Å². The first-order valence-electron chi connectivity index (χ1n) is 7.47. The van der Waals surface area contributed by atoms with Gasteiger partial charge >= 0.3 is 131 Å². The van der Waals surface area contributed by atoms with Crippen molar-refractivity contribution in [2.45, 2.75) is 53.4 Å². The predicted octanol–water partition coefficient (Wildman–Crippen LogP) is 3.23. The molecule has 0 bridgehead atoms. The second-order valence-corrected chi connectivity index (χ2v) is 6.72. The van der Waals surface area contributed by atoms with E-state index in [0.717, 1.165) is 25.7 Å². The van der Waals surface area contributed by atoms with E-state index in [1.807, 2.05) is 27.7 Å². The topological polar surface area (TPSA) is 73.8 Å². The molecule has 0 radical (unpaired) electrons. The molecule has 9 heteroatoms. The van der Waals surface area contributed by atoms with Crippen molar-refractivity contribution in [1.82, 2.24) is 0 Å². The predicted molar refractivity (Wildman–Crippen MR) is 69.3 cm³/mol. The average molecular weight is 348 g/mol. The van der Waals surface area contributed by atoms with Crippen LogP contribution in [-0.2, 0) is 51.6 Å². The minimum absolute atomic E-state index is 0.360. The third-order valence-corrected chi connectivity index (χ3v) is 3.80. The van der Waals surface area contributed by atoms with E-state index in [1.54, 1.807) is 0 Å². The van der Waals surface area contributed by atoms with Gasteiger partial charge in [-0.3, -0.25) is 0 Å². The van der Waals surface area contributed by atoms with Gasteiger partial charge in [0.2, 0.25) is 0 Å². The van der Waals surface area contributed by atoms with Gasteiger partial charge in [-0.05, 0) is 0 Å². The van der Waals surface area contributed by atoms with Crippen LogP contribution in [0.5, 0.6) is 0 Å². The van der Waals surface area contributed by atoms with E-state index < -0.39 is 18.1 Å². The van der Waals surface area contributed by atoms with Gasteiger partial charge in [0.1, 0.15) is 0 Å². The van der Waals surface area contributed by atoms with Crippen molar-refractivity contribution in [3.05, 3.63) is 0 Å². The summed E-state index contributed by atoms with van der Waals surface area (Å²) in [7, 11) is 0. The molecule has 0 saturated carbocycles. The zero-order valence-electron chi connectivity index (χ0n) is 13.4. The molecule has 0 fully saturated rings. The molecule has 0 aliphatic heterocycles. The molecule has 0 aliphatic rings. The molecule has 0 atom stereocenters. The third kappa shape index (κ3) is 11.6. The van der Waals surface area contributed by atoms with E-state index in [0.29, 0.717) is 26.4 Å². The second kappa shape index (κ2) is 15.3. The molecule has 0 spiro atoms. The van der Waals surface area contributed by atoms with Crippen LogP contribution in [0.3, 0.4) is 0 Å². The molecule has 0 amide bonds. The Morgan fingerprint density at radius 1 is 0.476 bits per heavy atom. The van der Waals surface area contributed by atoms with E-state index in [2.05, 4.69) is 0 Å². The zero-order chi connectivity index (χ0) is 15.8. The van der Waals surface area contributed by atoms with E-state index in [4.69, 9.17) is 33.4 Å². The summed E-state index contributed by atoms with van der Waals surface area (Å²) in [4.78, 5) is 20.0. The van der Waals surface area contributed by atoms with Crippen LogP contribution < -0.4 is 0 Å². The number of hydrogen-bond acceptors (Lipinski definition) is 8. The molecule has 0 unspecified atom stereocenters. The van der Waals surface area contributed by atoms with Crippen molar-refractivity contribution < 1.29 is 51.6 Å². The van der Waals surface area contributed by atoms with E-state index in [9.17, 15) is 0 Å². The molecule has 0 heterocycles. The van der Waals surface area contributed by atoms with Crippen LogP contribution in [0.4, 0.5) is 0 Å². The van der Waals surface area contributed by atoms with E-state index in [-0.39, 0.29) is 0 Å². The SMILES string of the molecule is CCCO[O][Ti]([O]OCCC)([O]OCCC)[O]OCCC. The van der Waals surface area contributed by atoms with Gasteiger partial charge in [0.05, 0.1) is 0 Å². The first kappa shape index (κ1) is 21.4. The van der Waals surface area contributed by atoms with Crippen molar-refractivity contribution in [2.75, 3.05) is 26.4 Å². The van der Waals surface area contributed by atoms with Gasteiger partial charge in [-0.2, -0.15) is 0 Å². The number of rotatable bonds is 16. The molecular formula is C12H28O8Ti. The van der Waals surface area contributed by atoms with Gasteiger partial charge in [-0.1, -0.05) is 0 Å². The molecule has 0 aromatic carbocycles. The Morgan fingerprint density at radius 2 is 0.714 bits per heavy atom. The molecular weight excluding hydrogens is 320 g/mol. The fraction of sp³-hybridized carbons (Fsp3) is 1.00. The summed E-state index contributed by atoms with van der Waals surface area (Å²) in [5, 5.41) is 0. The summed E-state index contributed by atoms with van der Waals surface area (Å²) in [5.74, 6) is 0. The summed E-state index contributed by atoms with van der Waals surface area (Å²) in [5.41, 5.74) is 0. The van der Waals surface area contributed by atoms with Gasteiger partial charge in [0.25, 0.3) is 0 Å². The monoisotopic (exact) mass is 348 g/mol. The maximum atomic E-state index is 5.16. The van der Waals surface area contributed by atoms with Crippen LogP contribution in [-0.4, -0.2) is 26.4 Å². The van der Waals surface area contributed by atoms with Gasteiger partial charge in [0.15, 0.2) is 0 Å². The van der Waals surface area contributed by atoms with Gasteiger partial charge in [-0.15, -0.1) is 0 Å². The number of hydrogen-bond donors (Lipinski definition) is 0. The Balaban J connectivity index is 4.52. The van der Waals surface area contributed by atoms with E-state index in [1.165, 1.54) is 0 Å². The summed E-state index contributed by atoms with van der Waals surface area (Å²) in [6, 6.07) is 0. The second-order valence-electron chi connectivity index (χ2n) is 4.12. The normalized spacial score (nSPS) is 12.0. The van der Waals surface area contributed by atoms with Crippen LogP contribution >= 0.6 is 0 Å². The Kier molecular flexibility index (Phi) is 15.6. The molecule has 0 N–H and O–H groups in total.